The number of aliphatic hydroxyl groups is 1. The highest BCUT2D eigenvalue weighted by atomic mass is 32.1. The average molecular weight is 350 g/mol. The first kappa shape index (κ1) is 16.0. The van der Waals surface area contributed by atoms with E-state index in [1.54, 1.807) is 0 Å². The molecule has 0 fully saturated rings. The Bertz CT molecular complexity index is 933. The van der Waals surface area contributed by atoms with E-state index < -0.39 is 0 Å². The van der Waals surface area contributed by atoms with Crippen molar-refractivity contribution in [3.05, 3.63) is 59.0 Å². The zero-order chi connectivity index (χ0) is 17.2. The lowest BCUT2D eigenvalue weighted by atomic mass is 10.0. The van der Waals surface area contributed by atoms with E-state index in [4.69, 9.17) is 5.11 Å². The van der Waals surface area contributed by atoms with E-state index >= 15 is 0 Å². The van der Waals surface area contributed by atoms with Gasteiger partial charge in [0.25, 0.3) is 0 Å². The van der Waals surface area contributed by atoms with Gasteiger partial charge in [-0.25, -0.2) is 4.98 Å². The predicted molar refractivity (Wildman–Crippen MR) is 101 cm³/mol. The summed E-state index contributed by atoms with van der Waals surface area (Å²) in [6.07, 6.45) is 1.73. The monoisotopic (exact) mass is 350 g/mol. The minimum Gasteiger partial charge on any atom is -0.396 e. The topological polar surface area (TPSA) is 62.2 Å². The molecule has 4 rings (SSSR count). The number of aromatic nitrogens is 1. The van der Waals surface area contributed by atoms with Gasteiger partial charge in [-0.05, 0) is 41.2 Å². The van der Waals surface area contributed by atoms with Crippen LogP contribution in [0.4, 0.5) is 5.13 Å². The van der Waals surface area contributed by atoms with Crippen LogP contribution in [-0.2, 0) is 11.2 Å². The molecule has 0 radical (unpaired) electrons. The van der Waals surface area contributed by atoms with Crippen molar-refractivity contribution in [1.29, 1.82) is 0 Å². The molecule has 5 heteroatoms. The zero-order valence-corrected chi connectivity index (χ0v) is 14.5. The van der Waals surface area contributed by atoms with Crippen LogP contribution in [0.3, 0.4) is 0 Å². The van der Waals surface area contributed by atoms with Gasteiger partial charge >= 0.3 is 0 Å². The van der Waals surface area contributed by atoms with Crippen LogP contribution >= 0.6 is 11.3 Å². The third kappa shape index (κ3) is 3.21. The van der Waals surface area contributed by atoms with Gasteiger partial charge in [-0.1, -0.05) is 36.4 Å². The maximum Gasteiger partial charge on any atom is 0.226 e. The number of benzene rings is 2. The molecule has 1 amide bonds. The third-order valence-corrected chi connectivity index (χ3v) is 5.16. The Morgan fingerprint density at radius 2 is 2.00 bits per heavy atom. The van der Waals surface area contributed by atoms with Gasteiger partial charge in [0.05, 0.1) is 5.69 Å². The van der Waals surface area contributed by atoms with E-state index in [-0.39, 0.29) is 12.5 Å². The zero-order valence-electron chi connectivity index (χ0n) is 13.7. The molecule has 0 spiro atoms. The second-order valence-electron chi connectivity index (χ2n) is 6.12. The lowest BCUT2D eigenvalue weighted by Crippen LogP contribution is -2.11. The van der Waals surface area contributed by atoms with Crippen LogP contribution in [-0.4, -0.2) is 22.6 Å². The molecule has 3 aromatic rings. The number of nitrogens with zero attached hydrogens (tertiary/aromatic N) is 1. The molecule has 0 saturated heterocycles. The highest BCUT2D eigenvalue weighted by molar-refractivity contribution is 7.14. The molecule has 4 nitrogen and oxygen atoms in total. The summed E-state index contributed by atoms with van der Waals surface area (Å²) in [5.41, 5.74) is 7.25. The van der Waals surface area contributed by atoms with E-state index in [1.165, 1.54) is 33.6 Å². The number of carbonyl (C=O) groups excluding carboxylic acids is 1. The van der Waals surface area contributed by atoms with Crippen molar-refractivity contribution in [3.63, 3.8) is 0 Å². The first-order chi connectivity index (χ1) is 12.2. The smallest absolute Gasteiger partial charge is 0.226 e. The fourth-order valence-corrected chi connectivity index (χ4v) is 3.93. The molecule has 1 aromatic heterocycles. The van der Waals surface area contributed by atoms with Gasteiger partial charge in [-0.15, -0.1) is 11.3 Å². The molecule has 1 aliphatic rings. The number of rotatable bonds is 5. The van der Waals surface area contributed by atoms with Crippen molar-refractivity contribution >= 4 is 22.4 Å². The number of carbonyl (C=O) groups is 1. The Balaban J connectivity index is 1.54. The van der Waals surface area contributed by atoms with E-state index in [1.807, 2.05) is 5.38 Å². The molecule has 2 aromatic carbocycles. The maximum atomic E-state index is 11.7. The molecule has 2 N–H and O–H groups in total. The second kappa shape index (κ2) is 6.78. The summed E-state index contributed by atoms with van der Waals surface area (Å²) in [6, 6.07) is 15.0. The lowest BCUT2D eigenvalue weighted by molar-refractivity contribution is -0.116. The minimum atomic E-state index is -0.112. The molecule has 1 heterocycles. The molecule has 0 atom stereocenters. The summed E-state index contributed by atoms with van der Waals surface area (Å²) in [5, 5.41) is 14.1. The molecule has 1 aliphatic carbocycles. The van der Waals surface area contributed by atoms with Crippen molar-refractivity contribution in [2.24, 2.45) is 0 Å². The van der Waals surface area contributed by atoms with Gasteiger partial charge in [0.1, 0.15) is 0 Å². The van der Waals surface area contributed by atoms with Gasteiger partial charge in [0.15, 0.2) is 5.13 Å². The predicted octanol–water partition coefficient (Wildman–Crippen LogP) is 4.09. The van der Waals surface area contributed by atoms with Crippen LogP contribution in [0.15, 0.2) is 47.8 Å². The van der Waals surface area contributed by atoms with Crippen molar-refractivity contribution < 1.29 is 9.90 Å². The van der Waals surface area contributed by atoms with E-state index in [9.17, 15) is 4.79 Å². The largest absolute Gasteiger partial charge is 0.396 e. The van der Waals surface area contributed by atoms with Gasteiger partial charge < -0.3 is 10.4 Å². The van der Waals surface area contributed by atoms with Gasteiger partial charge in [0, 0.05) is 24.0 Å². The number of nitrogens with one attached hydrogen (secondary N) is 1. The van der Waals surface area contributed by atoms with Crippen LogP contribution < -0.4 is 5.32 Å². The van der Waals surface area contributed by atoms with Crippen molar-refractivity contribution in [2.45, 2.75) is 19.3 Å². The summed E-state index contributed by atoms with van der Waals surface area (Å²) in [4.78, 5) is 16.3. The summed E-state index contributed by atoms with van der Waals surface area (Å²) in [5.74, 6) is -0.112. The SMILES string of the molecule is O=C(CCCO)Nc1nc(-c2ccc3c(c2)Cc2ccccc2-3)cs1. The molecule has 126 valence electrons. The number of anilines is 1. The first-order valence-corrected chi connectivity index (χ1v) is 9.20. The quantitative estimate of drug-likeness (QED) is 0.570. The highest BCUT2D eigenvalue weighted by Crippen LogP contribution is 2.38. The Morgan fingerprint density at radius 1 is 1.16 bits per heavy atom. The molecule has 0 bridgehead atoms. The van der Waals surface area contributed by atoms with Crippen molar-refractivity contribution in [3.8, 4) is 22.4 Å². The Morgan fingerprint density at radius 3 is 2.88 bits per heavy atom. The molecule has 0 saturated carbocycles. The fourth-order valence-electron chi connectivity index (χ4n) is 3.19. The molecular formula is C20H18N2O2S. The minimum absolute atomic E-state index is 0.0219. The Kier molecular flexibility index (Phi) is 4.34. The number of aliphatic hydroxyl groups excluding tert-OH is 1. The number of amides is 1. The molecular weight excluding hydrogens is 332 g/mol. The first-order valence-electron chi connectivity index (χ1n) is 8.32. The van der Waals surface area contributed by atoms with E-state index in [0.717, 1.165) is 17.7 Å². The summed E-state index contributed by atoms with van der Waals surface area (Å²) < 4.78 is 0. The Hall–Kier alpha value is -2.50. The highest BCUT2D eigenvalue weighted by Gasteiger charge is 2.18. The summed E-state index contributed by atoms with van der Waals surface area (Å²) in [6.45, 7) is 0.0219. The average Bonchev–Trinajstić information content (AvgIpc) is 3.23. The normalized spacial score (nSPS) is 11.9. The molecule has 0 aliphatic heterocycles. The van der Waals surface area contributed by atoms with Crippen LogP contribution in [0.5, 0.6) is 0 Å². The van der Waals surface area contributed by atoms with Gasteiger partial charge in [-0.3, -0.25) is 4.79 Å². The van der Waals surface area contributed by atoms with Gasteiger partial charge in [0.2, 0.25) is 5.91 Å². The third-order valence-electron chi connectivity index (χ3n) is 4.40. The van der Waals surface area contributed by atoms with Crippen LogP contribution in [0.25, 0.3) is 22.4 Å². The summed E-state index contributed by atoms with van der Waals surface area (Å²) >= 11 is 1.42. The molecule has 25 heavy (non-hydrogen) atoms. The second-order valence-corrected chi connectivity index (χ2v) is 6.98. The number of hydrogen-bond acceptors (Lipinski definition) is 4. The maximum absolute atomic E-state index is 11.7. The fraction of sp³-hybridized carbons (Fsp3) is 0.200. The van der Waals surface area contributed by atoms with Crippen molar-refractivity contribution in [1.82, 2.24) is 4.98 Å². The van der Waals surface area contributed by atoms with E-state index in [2.05, 4.69) is 52.8 Å². The number of hydrogen-bond donors (Lipinski definition) is 2. The van der Waals surface area contributed by atoms with Gasteiger partial charge in [-0.2, -0.15) is 0 Å². The van der Waals surface area contributed by atoms with E-state index in [0.29, 0.717) is 18.0 Å². The number of fused-ring (bicyclic) bond motifs is 3. The molecule has 0 unspecified atom stereocenters. The van der Waals surface area contributed by atoms with Crippen LogP contribution in [0.1, 0.15) is 24.0 Å². The van der Waals surface area contributed by atoms with Crippen LogP contribution in [0, 0.1) is 0 Å². The van der Waals surface area contributed by atoms with Crippen molar-refractivity contribution in [2.75, 3.05) is 11.9 Å². The standard InChI is InChI=1S/C20H18N2O2S/c23-9-3-6-19(24)22-20-21-18(12-25-20)14-7-8-17-15(11-14)10-13-4-1-2-5-16(13)17/h1-2,4-5,7-8,11-12,23H,3,6,9-10H2,(H,21,22,24). The van der Waals surface area contributed by atoms with Crippen LogP contribution in [0.2, 0.25) is 0 Å². The lowest BCUT2D eigenvalue weighted by Gasteiger charge is -2.03. The summed E-state index contributed by atoms with van der Waals surface area (Å²) in [7, 11) is 0. The Labute approximate surface area is 150 Å². The number of thiazole rings is 1.